The van der Waals surface area contributed by atoms with Crippen LogP contribution in [0.4, 0.5) is 4.79 Å². The molecule has 2 bridgehead atoms. The van der Waals surface area contributed by atoms with Gasteiger partial charge in [-0.1, -0.05) is 0 Å². The number of ether oxygens (including phenoxy) is 1. The predicted molar refractivity (Wildman–Crippen MR) is 98.6 cm³/mol. The Kier molecular flexibility index (Phi) is 4.88. The molecule has 6 nitrogen and oxygen atoms in total. The molecule has 4 rings (SSSR count). The van der Waals surface area contributed by atoms with E-state index in [1.165, 1.54) is 12.8 Å². The molecular weight excluding hydrogens is 330 g/mol. The molecule has 146 valence electrons. The van der Waals surface area contributed by atoms with Crippen LogP contribution in [0.1, 0.15) is 33.6 Å². The topological polar surface area (TPSA) is 53.1 Å². The molecule has 4 fully saturated rings. The number of fused-ring (bicyclic) bond motifs is 3. The molecule has 5 atom stereocenters. The summed E-state index contributed by atoms with van der Waals surface area (Å²) in [4.78, 5) is 31.3. The van der Waals surface area contributed by atoms with E-state index < -0.39 is 0 Å². The van der Waals surface area contributed by atoms with Crippen molar-refractivity contribution in [3.63, 3.8) is 0 Å². The van der Waals surface area contributed by atoms with Crippen LogP contribution >= 0.6 is 0 Å². The third kappa shape index (κ3) is 2.90. The van der Waals surface area contributed by atoms with Crippen molar-refractivity contribution < 1.29 is 14.3 Å². The number of nitrogens with zero attached hydrogens (tertiary/aromatic N) is 3. The minimum absolute atomic E-state index is 0.142. The van der Waals surface area contributed by atoms with Gasteiger partial charge in [0.2, 0.25) is 5.91 Å². The summed E-state index contributed by atoms with van der Waals surface area (Å²) in [6.07, 6.45) is 2.30. The smallest absolute Gasteiger partial charge is 0.409 e. The highest BCUT2D eigenvalue weighted by atomic mass is 16.6. The van der Waals surface area contributed by atoms with Crippen LogP contribution in [0.15, 0.2) is 0 Å². The van der Waals surface area contributed by atoms with Gasteiger partial charge in [-0.3, -0.25) is 9.69 Å². The summed E-state index contributed by atoms with van der Waals surface area (Å²) in [5.74, 6) is 2.96. The maximum absolute atomic E-state index is 12.6. The van der Waals surface area contributed by atoms with Crippen LogP contribution < -0.4 is 0 Å². The Hall–Kier alpha value is -1.30. The van der Waals surface area contributed by atoms with E-state index >= 15 is 0 Å². The molecule has 2 saturated heterocycles. The molecular formula is C20H33N3O3. The van der Waals surface area contributed by atoms with E-state index in [0.29, 0.717) is 42.2 Å². The molecule has 4 aliphatic rings. The highest BCUT2D eigenvalue weighted by Gasteiger charge is 2.62. The van der Waals surface area contributed by atoms with E-state index in [-0.39, 0.29) is 12.0 Å². The van der Waals surface area contributed by atoms with Crippen molar-refractivity contribution in [1.29, 1.82) is 0 Å². The summed E-state index contributed by atoms with van der Waals surface area (Å²) in [5, 5.41) is 0. The van der Waals surface area contributed by atoms with E-state index in [0.717, 1.165) is 39.3 Å². The summed E-state index contributed by atoms with van der Waals surface area (Å²) in [5.41, 5.74) is 0. The molecule has 0 spiro atoms. The fraction of sp³-hybridized carbons (Fsp3) is 0.900. The molecule has 0 N–H and O–H groups in total. The lowest BCUT2D eigenvalue weighted by atomic mass is 9.90. The molecule has 2 amide bonds. The summed E-state index contributed by atoms with van der Waals surface area (Å²) in [7, 11) is 0. The second kappa shape index (κ2) is 7.02. The van der Waals surface area contributed by atoms with Gasteiger partial charge in [-0.05, 0) is 57.3 Å². The lowest BCUT2D eigenvalue weighted by Gasteiger charge is -2.42. The third-order valence-corrected chi connectivity index (χ3v) is 7.31. The molecule has 2 unspecified atom stereocenters. The van der Waals surface area contributed by atoms with Gasteiger partial charge in [0, 0.05) is 51.2 Å². The van der Waals surface area contributed by atoms with Gasteiger partial charge in [-0.25, -0.2) is 4.79 Å². The molecule has 0 radical (unpaired) electrons. The second-order valence-electron chi connectivity index (χ2n) is 8.51. The van der Waals surface area contributed by atoms with Crippen LogP contribution in [0, 0.1) is 29.6 Å². The Morgan fingerprint density at radius 2 is 1.54 bits per heavy atom. The fourth-order valence-electron chi connectivity index (χ4n) is 6.07. The lowest BCUT2D eigenvalue weighted by Crippen LogP contribution is -2.54. The van der Waals surface area contributed by atoms with Gasteiger partial charge in [0.15, 0.2) is 0 Å². The van der Waals surface area contributed by atoms with Crippen LogP contribution in [0.5, 0.6) is 0 Å². The number of carbonyl (C=O) groups excluding carboxylic acids is 2. The van der Waals surface area contributed by atoms with E-state index in [1.54, 1.807) is 0 Å². The average molecular weight is 364 g/mol. The number of hydrogen-bond donors (Lipinski definition) is 0. The summed E-state index contributed by atoms with van der Waals surface area (Å²) >= 11 is 0. The first kappa shape index (κ1) is 18.1. The van der Waals surface area contributed by atoms with E-state index in [1.807, 2.05) is 16.7 Å². The molecule has 6 heteroatoms. The Morgan fingerprint density at radius 3 is 2.04 bits per heavy atom. The highest BCUT2D eigenvalue weighted by Crippen LogP contribution is 2.55. The zero-order chi connectivity index (χ0) is 18.4. The predicted octanol–water partition coefficient (Wildman–Crippen LogP) is 1.90. The van der Waals surface area contributed by atoms with Gasteiger partial charge in [0.1, 0.15) is 0 Å². The number of hydrogen-bond acceptors (Lipinski definition) is 4. The molecule has 2 heterocycles. The summed E-state index contributed by atoms with van der Waals surface area (Å²) in [6.45, 7) is 12.0. The van der Waals surface area contributed by atoms with Crippen LogP contribution in [-0.4, -0.2) is 78.6 Å². The maximum Gasteiger partial charge on any atom is 0.409 e. The number of rotatable bonds is 5. The largest absolute Gasteiger partial charge is 0.450 e. The number of carbonyl (C=O) groups is 2. The SMILES string of the molecule is CCOC(=O)N1CC2CCC(C1)C2N1C[C@@H]2[C@H](C1)[C@@H]2C(=O)N(CC)CC. The molecule has 2 aliphatic carbocycles. The minimum atomic E-state index is -0.142. The van der Waals surface area contributed by atoms with Crippen molar-refractivity contribution in [1.82, 2.24) is 14.7 Å². The normalized spacial score (nSPS) is 38.2. The lowest BCUT2D eigenvalue weighted by molar-refractivity contribution is -0.133. The van der Waals surface area contributed by atoms with Crippen molar-refractivity contribution in [3.05, 3.63) is 0 Å². The first-order chi connectivity index (χ1) is 12.6. The molecule has 2 aliphatic heterocycles. The summed E-state index contributed by atoms with van der Waals surface area (Å²) in [6, 6.07) is 0.609. The van der Waals surface area contributed by atoms with Gasteiger partial charge in [0.05, 0.1) is 6.61 Å². The first-order valence-corrected chi connectivity index (χ1v) is 10.5. The molecule has 2 saturated carbocycles. The first-order valence-electron chi connectivity index (χ1n) is 10.5. The third-order valence-electron chi connectivity index (χ3n) is 7.31. The zero-order valence-electron chi connectivity index (χ0n) is 16.4. The zero-order valence-corrected chi connectivity index (χ0v) is 16.4. The van der Waals surface area contributed by atoms with Gasteiger partial charge >= 0.3 is 6.09 Å². The van der Waals surface area contributed by atoms with Crippen molar-refractivity contribution in [3.8, 4) is 0 Å². The Bertz CT molecular complexity index is 539. The molecule has 0 aromatic rings. The van der Waals surface area contributed by atoms with Crippen LogP contribution in [0.3, 0.4) is 0 Å². The van der Waals surface area contributed by atoms with Crippen molar-refractivity contribution in [2.45, 2.75) is 39.7 Å². The quantitative estimate of drug-likeness (QED) is 0.749. The fourth-order valence-corrected chi connectivity index (χ4v) is 6.07. The molecule has 26 heavy (non-hydrogen) atoms. The Morgan fingerprint density at radius 1 is 0.962 bits per heavy atom. The number of likely N-dealkylation sites (tertiary alicyclic amines) is 2. The Labute approximate surface area is 156 Å². The minimum Gasteiger partial charge on any atom is -0.450 e. The van der Waals surface area contributed by atoms with Crippen LogP contribution in [0.2, 0.25) is 0 Å². The Balaban J connectivity index is 1.33. The second-order valence-corrected chi connectivity index (χ2v) is 8.51. The van der Waals surface area contributed by atoms with Gasteiger partial charge in [-0.2, -0.15) is 0 Å². The van der Waals surface area contributed by atoms with Crippen LogP contribution in [0.25, 0.3) is 0 Å². The van der Waals surface area contributed by atoms with Crippen molar-refractivity contribution in [2.24, 2.45) is 29.6 Å². The standard InChI is InChI=1S/C20H33N3O3/c1-4-21(5-2)19(24)17-15-11-22(12-16(15)17)18-13-7-8-14(18)10-23(9-13)20(25)26-6-3/h13-18H,4-12H2,1-3H3/t13?,14?,15-,16+,17-,18?. The average Bonchev–Trinajstić information content (AvgIpc) is 3.00. The van der Waals surface area contributed by atoms with E-state index in [2.05, 4.69) is 18.7 Å². The van der Waals surface area contributed by atoms with Crippen molar-refractivity contribution in [2.75, 3.05) is 45.9 Å². The number of piperidine rings is 2. The summed E-state index contributed by atoms with van der Waals surface area (Å²) < 4.78 is 5.21. The van der Waals surface area contributed by atoms with E-state index in [9.17, 15) is 9.59 Å². The molecule has 0 aromatic heterocycles. The highest BCUT2D eigenvalue weighted by molar-refractivity contribution is 5.82. The van der Waals surface area contributed by atoms with Gasteiger partial charge < -0.3 is 14.5 Å². The van der Waals surface area contributed by atoms with Gasteiger partial charge in [0.25, 0.3) is 0 Å². The monoisotopic (exact) mass is 363 g/mol. The molecule has 0 aromatic carbocycles. The van der Waals surface area contributed by atoms with Crippen LogP contribution in [-0.2, 0) is 9.53 Å². The maximum atomic E-state index is 12.6. The number of amides is 2. The van der Waals surface area contributed by atoms with E-state index in [4.69, 9.17) is 4.74 Å². The van der Waals surface area contributed by atoms with Gasteiger partial charge in [-0.15, -0.1) is 0 Å². The van der Waals surface area contributed by atoms with Crippen molar-refractivity contribution >= 4 is 12.0 Å².